The molecule has 0 unspecified atom stereocenters. The van der Waals surface area contributed by atoms with Crippen molar-refractivity contribution in [3.63, 3.8) is 0 Å². The van der Waals surface area contributed by atoms with Crippen LogP contribution in [-0.4, -0.2) is 34.1 Å². The van der Waals surface area contributed by atoms with Crippen molar-refractivity contribution >= 4 is 78.3 Å². The molecule has 2 amide bonds. The summed E-state index contributed by atoms with van der Waals surface area (Å²) < 4.78 is 1.40. The summed E-state index contributed by atoms with van der Waals surface area (Å²) in [6, 6.07) is 14.2. The van der Waals surface area contributed by atoms with E-state index in [1.165, 1.54) is 0 Å². The number of amides is 2. The summed E-state index contributed by atoms with van der Waals surface area (Å²) in [5.41, 5.74) is 1.01. The number of rotatable bonds is 4. The van der Waals surface area contributed by atoms with Crippen molar-refractivity contribution in [3.05, 3.63) is 68.6 Å². The number of hydrogen-bond donors (Lipinski definition) is 4. The van der Waals surface area contributed by atoms with Crippen molar-refractivity contribution in [2.24, 2.45) is 0 Å². The van der Waals surface area contributed by atoms with Crippen molar-refractivity contribution in [1.82, 2.24) is 21.3 Å². The molecule has 0 aromatic heterocycles. The summed E-state index contributed by atoms with van der Waals surface area (Å²) in [5.74, 6) is -0.571. The van der Waals surface area contributed by atoms with Crippen LogP contribution >= 0.6 is 56.3 Å². The summed E-state index contributed by atoms with van der Waals surface area (Å²) in [6.07, 6.45) is 3.80. The van der Waals surface area contributed by atoms with E-state index >= 15 is 0 Å². The number of carbonyl (C=O) groups is 2. The van der Waals surface area contributed by atoms with Gasteiger partial charge >= 0.3 is 0 Å². The Bertz CT molecular complexity index is 953. The van der Waals surface area contributed by atoms with Gasteiger partial charge in [-0.2, -0.15) is 0 Å². The maximum Gasteiger partial charge on any atom is 0.258 e. The Hall–Kier alpha value is -1.88. The predicted octanol–water partition coefficient (Wildman–Crippen LogP) is 4.43. The normalized spacial score (nSPS) is 17.7. The summed E-state index contributed by atoms with van der Waals surface area (Å²) in [4.78, 5) is 25.0. The SMILES string of the molecule is O=C(NC(=S)N[C@H]1CCCC[C@@H]1NC(=S)NC(=O)c1ccccc1Br)c1ccccc1Br. The summed E-state index contributed by atoms with van der Waals surface area (Å²) in [5, 5.41) is 12.4. The number of carbonyl (C=O) groups excluding carboxylic acids is 2. The molecule has 6 nitrogen and oxygen atoms in total. The summed E-state index contributed by atoms with van der Waals surface area (Å²) >= 11 is 17.5. The van der Waals surface area contributed by atoms with E-state index in [1.54, 1.807) is 36.4 Å². The van der Waals surface area contributed by atoms with Gasteiger partial charge in [0.25, 0.3) is 11.8 Å². The minimum atomic E-state index is -0.286. The van der Waals surface area contributed by atoms with Gasteiger partial charge in [-0.15, -0.1) is 0 Å². The fourth-order valence-electron chi connectivity index (χ4n) is 3.52. The van der Waals surface area contributed by atoms with Crippen LogP contribution in [0.5, 0.6) is 0 Å². The lowest BCUT2D eigenvalue weighted by molar-refractivity contribution is 0.0966. The molecule has 2 aromatic rings. The Labute approximate surface area is 214 Å². The van der Waals surface area contributed by atoms with Crippen LogP contribution in [0.15, 0.2) is 57.5 Å². The molecule has 0 saturated heterocycles. The van der Waals surface area contributed by atoms with Gasteiger partial charge in [-0.25, -0.2) is 0 Å². The van der Waals surface area contributed by atoms with E-state index in [4.69, 9.17) is 24.4 Å². The molecule has 3 rings (SSSR count). The minimum Gasteiger partial charge on any atom is -0.358 e. The van der Waals surface area contributed by atoms with Crippen molar-refractivity contribution in [1.29, 1.82) is 0 Å². The van der Waals surface area contributed by atoms with Crippen LogP contribution in [0.3, 0.4) is 0 Å². The average molecular weight is 598 g/mol. The van der Waals surface area contributed by atoms with Crippen LogP contribution in [0.4, 0.5) is 0 Å². The monoisotopic (exact) mass is 596 g/mol. The van der Waals surface area contributed by atoms with Crippen LogP contribution in [0.1, 0.15) is 46.4 Å². The van der Waals surface area contributed by atoms with Gasteiger partial charge in [0.2, 0.25) is 0 Å². The summed E-state index contributed by atoms with van der Waals surface area (Å²) in [6.45, 7) is 0. The first-order valence-corrected chi connectivity index (χ1v) is 12.5. The zero-order valence-electron chi connectivity index (χ0n) is 17.0. The third kappa shape index (κ3) is 6.81. The largest absolute Gasteiger partial charge is 0.358 e. The topological polar surface area (TPSA) is 82.3 Å². The highest BCUT2D eigenvalue weighted by Gasteiger charge is 2.27. The Morgan fingerprint density at radius 2 is 1.09 bits per heavy atom. The maximum absolute atomic E-state index is 12.5. The molecule has 10 heteroatoms. The molecule has 4 N–H and O–H groups in total. The highest BCUT2D eigenvalue weighted by atomic mass is 79.9. The van der Waals surface area contributed by atoms with E-state index in [1.807, 2.05) is 12.1 Å². The van der Waals surface area contributed by atoms with E-state index in [0.29, 0.717) is 20.1 Å². The standard InChI is InChI=1S/C22H22Br2N4O2S2/c23-15-9-3-1-7-13(15)19(29)27-21(31)25-17-11-5-6-12-18(17)26-22(32)28-20(30)14-8-2-4-10-16(14)24/h1-4,7-10,17-18H,5-6,11-12H2,(H2,25,27,29,31)(H2,26,28,30,32)/t17-,18-/m0/s1. The molecule has 1 fully saturated rings. The smallest absolute Gasteiger partial charge is 0.258 e. The fraction of sp³-hybridized carbons (Fsp3) is 0.273. The first-order valence-electron chi connectivity index (χ1n) is 10.1. The van der Waals surface area contributed by atoms with Gasteiger partial charge in [0.05, 0.1) is 11.1 Å². The van der Waals surface area contributed by atoms with Crippen LogP contribution in [-0.2, 0) is 0 Å². The molecule has 0 heterocycles. The summed E-state index contributed by atoms with van der Waals surface area (Å²) in [7, 11) is 0. The highest BCUT2D eigenvalue weighted by Crippen LogP contribution is 2.20. The van der Waals surface area contributed by atoms with Gasteiger partial charge in [-0.1, -0.05) is 37.1 Å². The van der Waals surface area contributed by atoms with Gasteiger partial charge < -0.3 is 10.6 Å². The van der Waals surface area contributed by atoms with E-state index in [0.717, 1.165) is 25.7 Å². The molecule has 168 valence electrons. The lowest BCUT2D eigenvalue weighted by Gasteiger charge is -2.34. The second-order valence-electron chi connectivity index (χ2n) is 7.31. The van der Waals surface area contributed by atoms with Gasteiger partial charge in [0.1, 0.15) is 0 Å². The molecule has 2 atom stereocenters. The van der Waals surface area contributed by atoms with E-state index in [9.17, 15) is 9.59 Å². The zero-order chi connectivity index (χ0) is 23.1. The third-order valence-electron chi connectivity index (χ3n) is 5.09. The van der Waals surface area contributed by atoms with Gasteiger partial charge in [0.15, 0.2) is 10.2 Å². The van der Waals surface area contributed by atoms with Crippen LogP contribution in [0.25, 0.3) is 0 Å². The molecule has 1 aliphatic rings. The number of thiocarbonyl (C=S) groups is 2. The quantitative estimate of drug-likeness (QED) is 0.390. The molecule has 32 heavy (non-hydrogen) atoms. The molecular formula is C22H22Br2N4O2S2. The van der Waals surface area contributed by atoms with Gasteiger partial charge in [-0.05, 0) is 93.4 Å². The van der Waals surface area contributed by atoms with Gasteiger partial charge in [0, 0.05) is 21.0 Å². The zero-order valence-corrected chi connectivity index (χ0v) is 21.8. The maximum atomic E-state index is 12.5. The van der Waals surface area contributed by atoms with E-state index in [2.05, 4.69) is 53.1 Å². The molecule has 1 aliphatic carbocycles. The first kappa shape index (κ1) is 24.8. The number of hydrogen-bond acceptors (Lipinski definition) is 4. The van der Waals surface area contributed by atoms with Crippen molar-refractivity contribution in [3.8, 4) is 0 Å². The molecule has 0 radical (unpaired) electrons. The Kier molecular flexibility index (Phi) is 9.15. The van der Waals surface area contributed by atoms with Gasteiger partial charge in [-0.3, -0.25) is 20.2 Å². The first-order chi connectivity index (χ1) is 15.3. The van der Waals surface area contributed by atoms with Crippen LogP contribution in [0.2, 0.25) is 0 Å². The highest BCUT2D eigenvalue weighted by molar-refractivity contribution is 9.10. The fourth-order valence-corrected chi connectivity index (χ4v) is 4.93. The Morgan fingerprint density at radius 1 is 0.719 bits per heavy atom. The molecule has 0 bridgehead atoms. The third-order valence-corrected chi connectivity index (χ3v) is 6.91. The van der Waals surface area contributed by atoms with E-state index in [-0.39, 0.29) is 34.1 Å². The lowest BCUT2D eigenvalue weighted by Crippen LogP contribution is -2.57. The number of benzene rings is 2. The molecule has 0 spiro atoms. The Morgan fingerprint density at radius 3 is 1.47 bits per heavy atom. The molecule has 1 saturated carbocycles. The Balaban J connectivity index is 1.56. The predicted molar refractivity (Wildman–Crippen MR) is 141 cm³/mol. The minimum absolute atomic E-state index is 0.0333. The molecule has 0 aliphatic heterocycles. The second-order valence-corrected chi connectivity index (χ2v) is 9.84. The molecular weight excluding hydrogens is 576 g/mol. The van der Waals surface area contributed by atoms with Crippen molar-refractivity contribution < 1.29 is 9.59 Å². The van der Waals surface area contributed by atoms with Crippen LogP contribution in [0, 0.1) is 0 Å². The lowest BCUT2D eigenvalue weighted by atomic mass is 9.90. The second kappa shape index (κ2) is 11.8. The number of halogens is 2. The van der Waals surface area contributed by atoms with Crippen molar-refractivity contribution in [2.75, 3.05) is 0 Å². The number of nitrogens with one attached hydrogen (secondary N) is 4. The molecule has 2 aromatic carbocycles. The van der Waals surface area contributed by atoms with E-state index < -0.39 is 0 Å². The van der Waals surface area contributed by atoms with Crippen LogP contribution < -0.4 is 21.3 Å². The average Bonchev–Trinajstić information content (AvgIpc) is 2.75. The van der Waals surface area contributed by atoms with Crippen molar-refractivity contribution in [2.45, 2.75) is 37.8 Å².